The normalized spacial score (nSPS) is 9.74. The smallest absolute Gasteiger partial charge is 0.550 e. The molecule has 4 nitrogen and oxygen atoms in total. The summed E-state index contributed by atoms with van der Waals surface area (Å²) in [6.07, 6.45) is 8.69. The first-order chi connectivity index (χ1) is 8.66. The minimum Gasteiger partial charge on any atom is -0.550 e. The van der Waals surface area contributed by atoms with Gasteiger partial charge in [0.25, 0.3) is 0 Å². The predicted octanol–water partition coefficient (Wildman–Crippen LogP) is -0.796. The molecule has 0 aliphatic carbocycles. The monoisotopic (exact) mass is 280 g/mol. The van der Waals surface area contributed by atoms with Crippen molar-refractivity contribution in [2.75, 3.05) is 6.61 Å². The predicted molar refractivity (Wildman–Crippen MR) is 67.8 cm³/mol. The third-order valence-electron chi connectivity index (χ3n) is 2.77. The molecular weight excluding hydrogens is 255 g/mol. The number of hydrogen-bond acceptors (Lipinski definition) is 4. The standard InChI is InChI=1S/C14H26O4.Na/c1-2-3-4-5-6-7-8-12-18-14(17)11-9-10-13(15)16;/h2-12H2,1H3,(H,15,16);/q;+1/p-1. The quantitative estimate of drug-likeness (QED) is 0.267. The van der Waals surface area contributed by atoms with Crippen molar-refractivity contribution in [3.63, 3.8) is 0 Å². The van der Waals surface area contributed by atoms with Crippen LogP contribution >= 0.6 is 0 Å². The Hall–Kier alpha value is -0.0600. The van der Waals surface area contributed by atoms with Crippen LogP contribution < -0.4 is 34.7 Å². The van der Waals surface area contributed by atoms with Gasteiger partial charge in [-0.3, -0.25) is 4.79 Å². The van der Waals surface area contributed by atoms with Crippen LogP contribution in [0.1, 0.15) is 71.1 Å². The summed E-state index contributed by atoms with van der Waals surface area (Å²) in [7, 11) is 0. The molecule has 0 aromatic rings. The van der Waals surface area contributed by atoms with Crippen molar-refractivity contribution in [3.8, 4) is 0 Å². The van der Waals surface area contributed by atoms with Gasteiger partial charge in [0.2, 0.25) is 0 Å². The Kier molecular flexibility index (Phi) is 17.9. The summed E-state index contributed by atoms with van der Waals surface area (Å²) in [6.45, 7) is 2.65. The summed E-state index contributed by atoms with van der Waals surface area (Å²) in [5.41, 5.74) is 0. The molecule has 19 heavy (non-hydrogen) atoms. The Balaban J connectivity index is 0. The Labute approximate surface area is 138 Å². The fourth-order valence-corrected chi connectivity index (χ4v) is 1.69. The number of ether oxygens (including phenoxy) is 1. The van der Waals surface area contributed by atoms with Gasteiger partial charge in [-0.2, -0.15) is 0 Å². The number of unbranched alkanes of at least 4 members (excludes halogenated alkanes) is 6. The number of carboxylic acid groups (broad SMARTS) is 1. The fraction of sp³-hybridized carbons (Fsp3) is 0.857. The maximum Gasteiger partial charge on any atom is 1.00 e. The Morgan fingerprint density at radius 3 is 2.05 bits per heavy atom. The molecule has 0 bridgehead atoms. The van der Waals surface area contributed by atoms with Gasteiger partial charge in [-0.25, -0.2) is 0 Å². The Morgan fingerprint density at radius 2 is 1.47 bits per heavy atom. The molecule has 0 unspecified atom stereocenters. The van der Waals surface area contributed by atoms with E-state index in [1.165, 1.54) is 32.1 Å². The average molecular weight is 280 g/mol. The van der Waals surface area contributed by atoms with E-state index in [0.717, 1.165) is 12.8 Å². The molecule has 0 rings (SSSR count). The number of hydrogen-bond donors (Lipinski definition) is 0. The Bertz CT molecular complexity index is 231. The van der Waals surface area contributed by atoms with Gasteiger partial charge < -0.3 is 14.6 Å². The SMILES string of the molecule is CCCCCCCCCOC(=O)CCCC(=O)[O-].[Na+]. The summed E-state index contributed by atoms with van der Waals surface area (Å²) in [5.74, 6) is -1.42. The maximum atomic E-state index is 11.2. The van der Waals surface area contributed by atoms with E-state index in [1.807, 2.05) is 0 Å². The molecule has 0 heterocycles. The van der Waals surface area contributed by atoms with E-state index in [2.05, 4.69) is 6.92 Å². The van der Waals surface area contributed by atoms with Gasteiger partial charge in [0.1, 0.15) is 0 Å². The van der Waals surface area contributed by atoms with Crippen LogP contribution in [0.15, 0.2) is 0 Å². The second kappa shape index (κ2) is 16.0. The van der Waals surface area contributed by atoms with Gasteiger partial charge in [-0.15, -0.1) is 0 Å². The topological polar surface area (TPSA) is 66.4 Å². The zero-order valence-electron chi connectivity index (χ0n) is 12.4. The van der Waals surface area contributed by atoms with Crippen LogP contribution in [0.5, 0.6) is 0 Å². The van der Waals surface area contributed by atoms with Crippen LogP contribution in [0, 0.1) is 0 Å². The first kappa shape index (κ1) is 21.2. The number of carbonyl (C=O) groups excluding carboxylic acids is 2. The molecule has 0 aliphatic heterocycles. The zero-order valence-corrected chi connectivity index (χ0v) is 14.4. The van der Waals surface area contributed by atoms with E-state index < -0.39 is 5.97 Å². The molecule has 0 saturated heterocycles. The van der Waals surface area contributed by atoms with Crippen LogP contribution in [0.4, 0.5) is 0 Å². The number of rotatable bonds is 12. The van der Waals surface area contributed by atoms with E-state index >= 15 is 0 Å². The summed E-state index contributed by atoms with van der Waals surface area (Å²) >= 11 is 0. The van der Waals surface area contributed by atoms with Crippen molar-refractivity contribution >= 4 is 11.9 Å². The first-order valence-electron chi connectivity index (χ1n) is 7.02. The van der Waals surface area contributed by atoms with E-state index in [1.54, 1.807) is 0 Å². The molecule has 106 valence electrons. The molecule has 0 atom stereocenters. The summed E-state index contributed by atoms with van der Waals surface area (Å²) in [5, 5.41) is 10.1. The minimum atomic E-state index is -1.12. The summed E-state index contributed by atoms with van der Waals surface area (Å²) in [4.78, 5) is 21.3. The van der Waals surface area contributed by atoms with Gasteiger partial charge in [0.05, 0.1) is 6.61 Å². The van der Waals surface area contributed by atoms with Gasteiger partial charge in [0.15, 0.2) is 0 Å². The fourth-order valence-electron chi connectivity index (χ4n) is 1.69. The molecule has 0 amide bonds. The van der Waals surface area contributed by atoms with Crippen molar-refractivity contribution in [3.05, 3.63) is 0 Å². The maximum absolute atomic E-state index is 11.2. The van der Waals surface area contributed by atoms with Crippen LogP contribution in [-0.2, 0) is 14.3 Å². The average Bonchev–Trinajstić information content (AvgIpc) is 2.32. The molecule has 0 fully saturated rings. The third-order valence-corrected chi connectivity index (χ3v) is 2.77. The van der Waals surface area contributed by atoms with Crippen molar-refractivity contribution < 1.29 is 49.0 Å². The van der Waals surface area contributed by atoms with Gasteiger partial charge in [-0.05, 0) is 19.3 Å². The van der Waals surface area contributed by atoms with E-state index in [-0.39, 0.29) is 48.4 Å². The molecular formula is C14H25NaO4. The minimum absolute atomic E-state index is 0. The number of aliphatic carboxylic acids is 1. The number of carboxylic acids is 1. The number of esters is 1. The first-order valence-corrected chi connectivity index (χ1v) is 7.02. The van der Waals surface area contributed by atoms with E-state index in [4.69, 9.17) is 4.74 Å². The second-order valence-corrected chi connectivity index (χ2v) is 4.57. The molecule has 0 aliphatic rings. The summed E-state index contributed by atoms with van der Waals surface area (Å²) in [6, 6.07) is 0. The van der Waals surface area contributed by atoms with E-state index in [0.29, 0.717) is 13.0 Å². The molecule has 5 heteroatoms. The van der Waals surface area contributed by atoms with Crippen molar-refractivity contribution in [1.82, 2.24) is 0 Å². The van der Waals surface area contributed by atoms with Gasteiger partial charge >= 0.3 is 35.5 Å². The molecule has 0 aromatic carbocycles. The van der Waals surface area contributed by atoms with Crippen LogP contribution in [-0.4, -0.2) is 18.5 Å². The van der Waals surface area contributed by atoms with E-state index in [9.17, 15) is 14.7 Å². The third kappa shape index (κ3) is 17.9. The van der Waals surface area contributed by atoms with Gasteiger partial charge in [0, 0.05) is 12.4 Å². The second-order valence-electron chi connectivity index (χ2n) is 4.57. The largest absolute Gasteiger partial charge is 1.00 e. The molecule has 0 aromatic heterocycles. The molecule has 0 N–H and O–H groups in total. The van der Waals surface area contributed by atoms with Crippen LogP contribution in [0.3, 0.4) is 0 Å². The van der Waals surface area contributed by atoms with Gasteiger partial charge in [-0.1, -0.05) is 45.4 Å². The van der Waals surface area contributed by atoms with Crippen molar-refractivity contribution in [2.24, 2.45) is 0 Å². The van der Waals surface area contributed by atoms with Crippen LogP contribution in [0.25, 0.3) is 0 Å². The number of carbonyl (C=O) groups is 2. The molecule has 0 spiro atoms. The van der Waals surface area contributed by atoms with Crippen molar-refractivity contribution in [1.29, 1.82) is 0 Å². The Morgan fingerprint density at radius 1 is 0.895 bits per heavy atom. The van der Waals surface area contributed by atoms with Crippen LogP contribution in [0.2, 0.25) is 0 Å². The molecule has 0 saturated carbocycles. The van der Waals surface area contributed by atoms with Crippen molar-refractivity contribution in [2.45, 2.75) is 71.1 Å². The zero-order chi connectivity index (χ0) is 13.6. The molecule has 0 radical (unpaired) electrons. The summed E-state index contributed by atoms with van der Waals surface area (Å²) < 4.78 is 5.00.